The molecule has 2 rings (SSSR count). The second kappa shape index (κ2) is 5.17. The molecule has 0 spiro atoms. The monoisotopic (exact) mass is 239 g/mol. The lowest BCUT2D eigenvalue weighted by Crippen LogP contribution is -2.31. The van der Waals surface area contributed by atoms with Crippen molar-refractivity contribution in [2.45, 2.75) is 31.9 Å². The molecule has 1 aromatic rings. The molecule has 0 amide bonds. The van der Waals surface area contributed by atoms with Gasteiger partial charge in [-0.25, -0.2) is 0 Å². The van der Waals surface area contributed by atoms with E-state index in [1.807, 2.05) is 31.2 Å². The van der Waals surface area contributed by atoms with Gasteiger partial charge in [-0.1, -0.05) is 29.8 Å². The van der Waals surface area contributed by atoms with Crippen molar-refractivity contribution >= 4 is 11.6 Å². The molecule has 1 aromatic carbocycles. The third kappa shape index (κ3) is 2.57. The Bertz CT molecular complexity index is 352. The van der Waals surface area contributed by atoms with Crippen LogP contribution >= 0.6 is 11.6 Å². The van der Waals surface area contributed by atoms with Crippen LogP contribution in [0.15, 0.2) is 24.3 Å². The van der Waals surface area contributed by atoms with E-state index in [-0.39, 0.29) is 12.1 Å². The molecule has 1 aliphatic carbocycles. The van der Waals surface area contributed by atoms with Gasteiger partial charge in [-0.2, -0.15) is 0 Å². The van der Waals surface area contributed by atoms with Crippen LogP contribution in [0, 0.1) is 5.92 Å². The Labute approximate surface area is 102 Å². The molecule has 2 nitrogen and oxygen atoms in total. The summed E-state index contributed by atoms with van der Waals surface area (Å²) in [6, 6.07) is 7.65. The van der Waals surface area contributed by atoms with Crippen molar-refractivity contribution < 1.29 is 4.74 Å². The minimum Gasteiger partial charge on any atom is -0.376 e. The maximum absolute atomic E-state index is 6.26. The normalized spacial score (nSPS) is 19.4. The zero-order valence-electron chi connectivity index (χ0n) is 9.53. The second-order valence-electron chi connectivity index (χ2n) is 4.30. The molecular formula is C13H18ClNO. The predicted octanol–water partition coefficient (Wildman–Crippen LogP) is 3.15. The van der Waals surface area contributed by atoms with E-state index >= 15 is 0 Å². The van der Waals surface area contributed by atoms with Crippen LogP contribution in [-0.4, -0.2) is 12.7 Å². The highest BCUT2D eigenvalue weighted by molar-refractivity contribution is 6.31. The zero-order valence-corrected chi connectivity index (χ0v) is 10.3. The first kappa shape index (κ1) is 11.9. The molecule has 2 N–H and O–H groups in total. The number of ether oxygens (including phenoxy) is 1. The molecule has 0 radical (unpaired) electrons. The van der Waals surface area contributed by atoms with Crippen LogP contribution in [0.25, 0.3) is 0 Å². The Morgan fingerprint density at radius 1 is 1.44 bits per heavy atom. The highest BCUT2D eigenvalue weighted by Crippen LogP contribution is 2.40. The van der Waals surface area contributed by atoms with Crippen LogP contribution in [0.4, 0.5) is 0 Å². The number of halogens is 1. The number of rotatable bonds is 5. The van der Waals surface area contributed by atoms with Crippen LogP contribution in [0.3, 0.4) is 0 Å². The van der Waals surface area contributed by atoms with Gasteiger partial charge in [0.2, 0.25) is 0 Å². The van der Waals surface area contributed by atoms with Crippen molar-refractivity contribution in [3.63, 3.8) is 0 Å². The highest BCUT2D eigenvalue weighted by Gasteiger charge is 2.36. The van der Waals surface area contributed by atoms with Crippen molar-refractivity contribution in [3.8, 4) is 0 Å². The van der Waals surface area contributed by atoms with Crippen molar-refractivity contribution in [2.24, 2.45) is 11.7 Å². The summed E-state index contributed by atoms with van der Waals surface area (Å²) in [7, 11) is 0. The molecule has 0 aromatic heterocycles. The van der Waals surface area contributed by atoms with E-state index in [0.29, 0.717) is 12.5 Å². The fourth-order valence-corrected chi connectivity index (χ4v) is 2.33. The molecule has 0 saturated heterocycles. The lowest BCUT2D eigenvalue weighted by molar-refractivity contribution is 0.0283. The topological polar surface area (TPSA) is 35.2 Å². The molecule has 16 heavy (non-hydrogen) atoms. The first-order chi connectivity index (χ1) is 7.74. The van der Waals surface area contributed by atoms with Gasteiger partial charge in [0.1, 0.15) is 0 Å². The fourth-order valence-electron chi connectivity index (χ4n) is 2.07. The van der Waals surface area contributed by atoms with Crippen molar-refractivity contribution in [3.05, 3.63) is 34.9 Å². The number of hydrogen-bond donors (Lipinski definition) is 1. The number of nitrogens with two attached hydrogens (primary N) is 1. The fraction of sp³-hybridized carbons (Fsp3) is 0.538. The largest absolute Gasteiger partial charge is 0.376 e. The zero-order chi connectivity index (χ0) is 11.5. The number of hydrogen-bond acceptors (Lipinski definition) is 2. The van der Waals surface area contributed by atoms with Crippen molar-refractivity contribution in [1.29, 1.82) is 0 Å². The quantitative estimate of drug-likeness (QED) is 0.857. The first-order valence-electron chi connectivity index (χ1n) is 5.85. The summed E-state index contributed by atoms with van der Waals surface area (Å²) in [6.45, 7) is 2.72. The van der Waals surface area contributed by atoms with E-state index in [1.165, 1.54) is 12.8 Å². The van der Waals surface area contributed by atoms with E-state index < -0.39 is 0 Å². The van der Waals surface area contributed by atoms with Gasteiger partial charge in [-0.3, -0.25) is 0 Å². The second-order valence-corrected chi connectivity index (χ2v) is 4.71. The Hall–Kier alpha value is -0.570. The Morgan fingerprint density at radius 3 is 2.69 bits per heavy atom. The van der Waals surface area contributed by atoms with E-state index in [0.717, 1.165) is 10.6 Å². The van der Waals surface area contributed by atoms with Crippen molar-refractivity contribution in [1.82, 2.24) is 0 Å². The third-order valence-electron chi connectivity index (χ3n) is 3.06. The molecular weight excluding hydrogens is 222 g/mol. The van der Waals surface area contributed by atoms with Crippen LogP contribution in [0.2, 0.25) is 5.02 Å². The van der Waals surface area contributed by atoms with Crippen LogP contribution in [-0.2, 0) is 4.74 Å². The van der Waals surface area contributed by atoms with E-state index in [9.17, 15) is 0 Å². The molecule has 2 atom stereocenters. The van der Waals surface area contributed by atoms with Gasteiger partial charge in [0.15, 0.2) is 0 Å². The molecule has 0 aliphatic heterocycles. The molecule has 2 unspecified atom stereocenters. The van der Waals surface area contributed by atoms with Gasteiger partial charge in [-0.15, -0.1) is 0 Å². The van der Waals surface area contributed by atoms with Crippen LogP contribution < -0.4 is 5.73 Å². The van der Waals surface area contributed by atoms with Gasteiger partial charge in [0.05, 0.1) is 12.1 Å². The summed E-state index contributed by atoms with van der Waals surface area (Å²) in [6.07, 6.45) is 2.57. The average Bonchev–Trinajstić information content (AvgIpc) is 3.09. The molecule has 1 saturated carbocycles. The standard InChI is InChI=1S/C13H18ClNO/c1-2-16-13(9-7-8-9)12(15)10-5-3-4-6-11(10)14/h3-6,9,12-13H,2,7-8,15H2,1H3. The average molecular weight is 240 g/mol. The molecule has 1 fully saturated rings. The number of benzene rings is 1. The van der Waals surface area contributed by atoms with Gasteiger partial charge in [0.25, 0.3) is 0 Å². The predicted molar refractivity (Wildman–Crippen MR) is 66.5 cm³/mol. The summed E-state index contributed by atoms with van der Waals surface area (Å²) < 4.78 is 5.75. The maximum atomic E-state index is 6.26. The molecule has 0 bridgehead atoms. The Kier molecular flexibility index (Phi) is 3.85. The summed E-state index contributed by atoms with van der Waals surface area (Å²) in [4.78, 5) is 0. The summed E-state index contributed by atoms with van der Waals surface area (Å²) >= 11 is 6.15. The summed E-state index contributed by atoms with van der Waals surface area (Å²) in [5, 5.41) is 0.736. The summed E-state index contributed by atoms with van der Waals surface area (Å²) in [5.74, 6) is 0.617. The third-order valence-corrected chi connectivity index (χ3v) is 3.41. The molecule has 0 heterocycles. The molecule has 88 valence electrons. The van der Waals surface area contributed by atoms with E-state index in [4.69, 9.17) is 22.1 Å². The summed E-state index contributed by atoms with van der Waals surface area (Å²) in [5.41, 5.74) is 7.25. The van der Waals surface area contributed by atoms with Crippen LogP contribution in [0.5, 0.6) is 0 Å². The van der Waals surface area contributed by atoms with E-state index in [1.54, 1.807) is 0 Å². The lowest BCUT2D eigenvalue weighted by atomic mass is 9.99. The van der Waals surface area contributed by atoms with Crippen LogP contribution in [0.1, 0.15) is 31.4 Å². The van der Waals surface area contributed by atoms with Gasteiger partial charge >= 0.3 is 0 Å². The van der Waals surface area contributed by atoms with E-state index in [2.05, 4.69) is 0 Å². The minimum atomic E-state index is -0.110. The lowest BCUT2D eigenvalue weighted by Gasteiger charge is -2.24. The van der Waals surface area contributed by atoms with Gasteiger partial charge < -0.3 is 10.5 Å². The van der Waals surface area contributed by atoms with Crippen molar-refractivity contribution in [2.75, 3.05) is 6.61 Å². The highest BCUT2D eigenvalue weighted by atomic mass is 35.5. The SMILES string of the molecule is CCOC(C1CC1)C(N)c1ccccc1Cl. The smallest absolute Gasteiger partial charge is 0.0796 e. The van der Waals surface area contributed by atoms with Gasteiger partial charge in [-0.05, 0) is 37.3 Å². The maximum Gasteiger partial charge on any atom is 0.0796 e. The minimum absolute atomic E-state index is 0.110. The molecule has 3 heteroatoms. The Balaban J connectivity index is 2.15. The molecule has 1 aliphatic rings. The Morgan fingerprint density at radius 2 is 2.12 bits per heavy atom. The van der Waals surface area contributed by atoms with Gasteiger partial charge in [0, 0.05) is 11.6 Å². The first-order valence-corrected chi connectivity index (χ1v) is 6.23.